The molecule has 19 heavy (non-hydrogen) atoms. The van der Waals surface area contributed by atoms with Gasteiger partial charge in [-0.1, -0.05) is 13.0 Å². The van der Waals surface area contributed by atoms with Crippen molar-refractivity contribution >= 4 is 0 Å². The number of hydrogen-bond donors (Lipinski definition) is 1. The van der Waals surface area contributed by atoms with Gasteiger partial charge in [0.1, 0.15) is 11.8 Å². The molecule has 0 amide bonds. The van der Waals surface area contributed by atoms with Crippen molar-refractivity contribution in [1.29, 1.82) is 5.26 Å². The van der Waals surface area contributed by atoms with Crippen LogP contribution < -0.4 is 10.5 Å². The van der Waals surface area contributed by atoms with Crippen LogP contribution in [0.1, 0.15) is 24.5 Å². The van der Waals surface area contributed by atoms with E-state index < -0.39 is 0 Å². The number of benzene rings is 1. The van der Waals surface area contributed by atoms with Gasteiger partial charge in [0.15, 0.2) is 0 Å². The molecule has 0 aromatic heterocycles. The van der Waals surface area contributed by atoms with Crippen LogP contribution >= 0.6 is 0 Å². The highest BCUT2D eigenvalue weighted by atomic mass is 16.5. The zero-order valence-electron chi connectivity index (χ0n) is 11.6. The first-order valence-electron chi connectivity index (χ1n) is 6.69. The molecule has 1 aliphatic heterocycles. The van der Waals surface area contributed by atoms with Crippen molar-refractivity contribution in [3.63, 3.8) is 0 Å². The lowest BCUT2D eigenvalue weighted by molar-refractivity contribution is 0.157. The van der Waals surface area contributed by atoms with Crippen LogP contribution in [0.2, 0.25) is 0 Å². The normalized spacial score (nSPS) is 23.9. The first-order chi connectivity index (χ1) is 9.13. The Balaban J connectivity index is 2.06. The predicted molar refractivity (Wildman–Crippen MR) is 74.7 cm³/mol. The monoisotopic (exact) mass is 259 g/mol. The molecular weight excluding hydrogens is 238 g/mol. The van der Waals surface area contributed by atoms with E-state index in [1.165, 1.54) is 5.56 Å². The molecule has 1 aromatic carbocycles. The number of nitriles is 1. The topological polar surface area (TPSA) is 62.3 Å². The molecule has 0 saturated carbocycles. The van der Waals surface area contributed by atoms with Crippen LogP contribution in [-0.4, -0.2) is 31.1 Å². The second-order valence-corrected chi connectivity index (χ2v) is 5.31. The Morgan fingerprint density at radius 3 is 2.95 bits per heavy atom. The molecule has 102 valence electrons. The van der Waals surface area contributed by atoms with Crippen LogP contribution in [-0.2, 0) is 6.54 Å². The lowest BCUT2D eigenvalue weighted by atomic mass is 9.94. The van der Waals surface area contributed by atoms with Gasteiger partial charge < -0.3 is 10.5 Å². The second-order valence-electron chi connectivity index (χ2n) is 5.31. The molecule has 2 unspecified atom stereocenters. The molecule has 0 aliphatic carbocycles. The van der Waals surface area contributed by atoms with Gasteiger partial charge in [0, 0.05) is 19.1 Å². The minimum atomic E-state index is 0.326. The summed E-state index contributed by atoms with van der Waals surface area (Å²) in [5.74, 6) is 1.19. The van der Waals surface area contributed by atoms with E-state index in [1.807, 2.05) is 18.2 Å². The Morgan fingerprint density at radius 1 is 1.53 bits per heavy atom. The molecule has 1 aromatic rings. The Hall–Kier alpha value is -1.57. The maximum Gasteiger partial charge on any atom is 0.136 e. The van der Waals surface area contributed by atoms with Crippen LogP contribution in [0.15, 0.2) is 18.2 Å². The van der Waals surface area contributed by atoms with Crippen molar-refractivity contribution in [2.75, 3.05) is 20.2 Å². The minimum Gasteiger partial charge on any atom is -0.495 e. The summed E-state index contributed by atoms with van der Waals surface area (Å²) in [5.41, 5.74) is 7.80. The summed E-state index contributed by atoms with van der Waals surface area (Å²) >= 11 is 0. The molecule has 0 spiro atoms. The summed E-state index contributed by atoms with van der Waals surface area (Å²) in [4.78, 5) is 2.41. The third-order valence-electron chi connectivity index (χ3n) is 3.85. The summed E-state index contributed by atoms with van der Waals surface area (Å²) in [6.07, 6.45) is 1.05. The van der Waals surface area contributed by atoms with Crippen molar-refractivity contribution in [1.82, 2.24) is 4.90 Å². The van der Waals surface area contributed by atoms with E-state index in [0.29, 0.717) is 23.3 Å². The van der Waals surface area contributed by atoms with Gasteiger partial charge in [0.2, 0.25) is 0 Å². The Labute approximate surface area is 114 Å². The SMILES string of the molecule is COc1cc(CN2CCC(N)C(C)C2)ccc1C#N. The Morgan fingerprint density at radius 2 is 2.32 bits per heavy atom. The fourth-order valence-electron chi connectivity index (χ4n) is 2.58. The zero-order chi connectivity index (χ0) is 13.8. The van der Waals surface area contributed by atoms with Crippen molar-refractivity contribution < 1.29 is 4.74 Å². The second kappa shape index (κ2) is 6.05. The number of nitrogens with two attached hydrogens (primary N) is 1. The summed E-state index contributed by atoms with van der Waals surface area (Å²) < 4.78 is 5.24. The number of likely N-dealkylation sites (tertiary alicyclic amines) is 1. The highest BCUT2D eigenvalue weighted by Gasteiger charge is 2.23. The van der Waals surface area contributed by atoms with Gasteiger partial charge >= 0.3 is 0 Å². The Kier molecular flexibility index (Phi) is 4.41. The number of rotatable bonds is 3. The van der Waals surface area contributed by atoms with Crippen molar-refractivity contribution in [3.8, 4) is 11.8 Å². The molecular formula is C15H21N3O. The fourth-order valence-corrected chi connectivity index (χ4v) is 2.58. The van der Waals surface area contributed by atoms with Gasteiger partial charge in [-0.15, -0.1) is 0 Å². The van der Waals surface area contributed by atoms with Crippen LogP contribution in [0, 0.1) is 17.2 Å². The third-order valence-corrected chi connectivity index (χ3v) is 3.85. The molecule has 1 aliphatic rings. The molecule has 0 bridgehead atoms. The largest absolute Gasteiger partial charge is 0.495 e. The maximum absolute atomic E-state index is 8.97. The van der Waals surface area contributed by atoms with Gasteiger partial charge in [-0.3, -0.25) is 4.90 Å². The van der Waals surface area contributed by atoms with E-state index in [2.05, 4.69) is 17.9 Å². The van der Waals surface area contributed by atoms with Crippen molar-refractivity contribution in [2.45, 2.75) is 25.9 Å². The number of hydrogen-bond acceptors (Lipinski definition) is 4. The molecule has 1 fully saturated rings. The van der Waals surface area contributed by atoms with Gasteiger partial charge in [0.05, 0.1) is 12.7 Å². The summed E-state index contributed by atoms with van der Waals surface area (Å²) in [5, 5.41) is 8.97. The summed E-state index contributed by atoms with van der Waals surface area (Å²) in [6, 6.07) is 8.24. The number of ether oxygens (including phenoxy) is 1. The lowest BCUT2D eigenvalue weighted by Crippen LogP contribution is -2.45. The van der Waals surface area contributed by atoms with Crippen LogP contribution in [0.3, 0.4) is 0 Å². The molecule has 4 nitrogen and oxygen atoms in total. The highest BCUT2D eigenvalue weighted by Crippen LogP contribution is 2.22. The lowest BCUT2D eigenvalue weighted by Gasteiger charge is -2.35. The fraction of sp³-hybridized carbons (Fsp3) is 0.533. The van der Waals surface area contributed by atoms with Crippen LogP contribution in [0.5, 0.6) is 5.75 Å². The maximum atomic E-state index is 8.97. The van der Waals surface area contributed by atoms with Gasteiger partial charge in [-0.25, -0.2) is 0 Å². The van der Waals surface area contributed by atoms with Crippen LogP contribution in [0.25, 0.3) is 0 Å². The first-order valence-corrected chi connectivity index (χ1v) is 6.69. The van der Waals surface area contributed by atoms with E-state index in [-0.39, 0.29) is 0 Å². The molecule has 4 heteroatoms. The zero-order valence-corrected chi connectivity index (χ0v) is 11.6. The average molecular weight is 259 g/mol. The van der Waals surface area contributed by atoms with E-state index in [1.54, 1.807) is 7.11 Å². The number of nitrogens with zero attached hydrogens (tertiary/aromatic N) is 2. The Bertz CT molecular complexity index is 481. The molecule has 2 rings (SSSR count). The standard InChI is InChI=1S/C15H21N3O/c1-11-9-18(6-5-14(11)17)10-12-3-4-13(8-16)15(7-12)19-2/h3-4,7,11,14H,5-6,9-10,17H2,1-2H3. The van der Waals surface area contributed by atoms with E-state index in [0.717, 1.165) is 26.1 Å². The van der Waals surface area contributed by atoms with Crippen molar-refractivity contribution in [2.24, 2.45) is 11.7 Å². The quantitative estimate of drug-likeness (QED) is 0.898. The van der Waals surface area contributed by atoms with Gasteiger partial charge in [0.25, 0.3) is 0 Å². The summed E-state index contributed by atoms with van der Waals surface area (Å²) in [7, 11) is 1.60. The summed E-state index contributed by atoms with van der Waals surface area (Å²) in [6.45, 7) is 5.16. The molecule has 1 heterocycles. The number of methoxy groups -OCH3 is 1. The minimum absolute atomic E-state index is 0.326. The average Bonchev–Trinajstić information content (AvgIpc) is 2.43. The van der Waals surface area contributed by atoms with Gasteiger partial charge in [-0.2, -0.15) is 5.26 Å². The third kappa shape index (κ3) is 3.25. The van der Waals surface area contributed by atoms with Gasteiger partial charge in [-0.05, 0) is 36.6 Å². The molecule has 0 radical (unpaired) electrons. The molecule has 2 N–H and O–H groups in total. The predicted octanol–water partition coefficient (Wildman–Crippen LogP) is 1.74. The van der Waals surface area contributed by atoms with Crippen LogP contribution in [0.4, 0.5) is 0 Å². The molecule has 2 atom stereocenters. The highest BCUT2D eigenvalue weighted by molar-refractivity contribution is 5.45. The molecule has 1 saturated heterocycles. The smallest absolute Gasteiger partial charge is 0.136 e. The number of piperidine rings is 1. The van der Waals surface area contributed by atoms with E-state index in [9.17, 15) is 0 Å². The van der Waals surface area contributed by atoms with Crippen molar-refractivity contribution in [3.05, 3.63) is 29.3 Å². The first kappa shape index (κ1) is 13.9. The van der Waals surface area contributed by atoms with E-state index >= 15 is 0 Å². The van der Waals surface area contributed by atoms with E-state index in [4.69, 9.17) is 15.7 Å².